The van der Waals surface area contributed by atoms with E-state index in [4.69, 9.17) is 9.47 Å². The second kappa shape index (κ2) is 6.13. The summed E-state index contributed by atoms with van der Waals surface area (Å²) in [6, 6.07) is 7.89. The van der Waals surface area contributed by atoms with Gasteiger partial charge in [-0.2, -0.15) is 4.98 Å². The van der Waals surface area contributed by atoms with E-state index in [1.54, 1.807) is 7.11 Å². The van der Waals surface area contributed by atoms with E-state index in [-0.39, 0.29) is 0 Å². The topological polar surface area (TPSA) is 57.1 Å². The molecule has 0 spiro atoms. The van der Waals surface area contributed by atoms with Gasteiger partial charge in [0.05, 0.1) is 25.1 Å². The Balaban J connectivity index is 2.42. The fourth-order valence-corrected chi connectivity index (χ4v) is 1.66. The van der Waals surface area contributed by atoms with Crippen molar-refractivity contribution in [2.75, 3.05) is 13.7 Å². The summed E-state index contributed by atoms with van der Waals surface area (Å²) in [6.45, 7) is 4.55. The van der Waals surface area contributed by atoms with Crippen LogP contribution in [0.25, 0.3) is 11.4 Å². The Morgan fingerprint density at radius 2 is 1.89 bits per heavy atom. The van der Waals surface area contributed by atoms with E-state index in [9.17, 15) is 0 Å². The molecule has 5 nitrogen and oxygen atoms in total. The molecular formula is C14H17N3O2. The normalized spacial score (nSPS) is 10.3. The van der Waals surface area contributed by atoms with Crippen LogP contribution in [0.4, 0.5) is 0 Å². The highest BCUT2D eigenvalue weighted by Crippen LogP contribution is 2.20. The van der Waals surface area contributed by atoms with Crippen LogP contribution in [-0.4, -0.2) is 28.7 Å². The molecule has 0 aromatic carbocycles. The lowest BCUT2D eigenvalue weighted by Crippen LogP contribution is -2.00. The molecule has 0 aliphatic rings. The fourth-order valence-electron chi connectivity index (χ4n) is 1.66. The van der Waals surface area contributed by atoms with Crippen molar-refractivity contribution in [3.63, 3.8) is 0 Å². The second-order valence-corrected chi connectivity index (χ2v) is 3.88. The predicted octanol–water partition coefficient (Wildman–Crippen LogP) is 2.51. The van der Waals surface area contributed by atoms with E-state index in [0.717, 1.165) is 23.5 Å². The summed E-state index contributed by atoms with van der Waals surface area (Å²) in [6.07, 6.45) is 0.816. The SMILES string of the molecule is CCOc1cccc(-c2cc(CC)nc(OC)n2)n1. The summed E-state index contributed by atoms with van der Waals surface area (Å²) in [4.78, 5) is 13.0. The van der Waals surface area contributed by atoms with Gasteiger partial charge in [0.1, 0.15) is 0 Å². The third-order valence-corrected chi connectivity index (χ3v) is 2.58. The van der Waals surface area contributed by atoms with Gasteiger partial charge in [-0.15, -0.1) is 0 Å². The lowest BCUT2D eigenvalue weighted by molar-refractivity contribution is 0.327. The van der Waals surface area contributed by atoms with Gasteiger partial charge in [-0.25, -0.2) is 9.97 Å². The highest BCUT2D eigenvalue weighted by atomic mass is 16.5. The number of ether oxygens (including phenoxy) is 2. The third kappa shape index (κ3) is 3.19. The van der Waals surface area contributed by atoms with E-state index in [2.05, 4.69) is 15.0 Å². The Hall–Kier alpha value is -2.17. The number of methoxy groups -OCH3 is 1. The molecule has 0 aliphatic heterocycles. The lowest BCUT2D eigenvalue weighted by Gasteiger charge is -2.07. The Morgan fingerprint density at radius 1 is 1.05 bits per heavy atom. The van der Waals surface area contributed by atoms with Crippen molar-refractivity contribution >= 4 is 0 Å². The highest BCUT2D eigenvalue weighted by molar-refractivity contribution is 5.55. The monoisotopic (exact) mass is 259 g/mol. The number of rotatable bonds is 5. The molecule has 0 fully saturated rings. The van der Waals surface area contributed by atoms with Crippen LogP contribution in [0.2, 0.25) is 0 Å². The molecule has 0 unspecified atom stereocenters. The van der Waals surface area contributed by atoms with Gasteiger partial charge in [0, 0.05) is 11.8 Å². The molecular weight excluding hydrogens is 242 g/mol. The van der Waals surface area contributed by atoms with Crippen LogP contribution in [0.1, 0.15) is 19.5 Å². The number of hydrogen-bond acceptors (Lipinski definition) is 5. The van der Waals surface area contributed by atoms with Crippen molar-refractivity contribution < 1.29 is 9.47 Å². The van der Waals surface area contributed by atoms with Gasteiger partial charge in [-0.1, -0.05) is 13.0 Å². The van der Waals surface area contributed by atoms with E-state index in [1.165, 1.54) is 0 Å². The zero-order valence-corrected chi connectivity index (χ0v) is 11.4. The van der Waals surface area contributed by atoms with Gasteiger partial charge in [0.2, 0.25) is 5.88 Å². The summed E-state index contributed by atoms with van der Waals surface area (Å²) >= 11 is 0. The molecule has 5 heteroatoms. The molecule has 2 aromatic rings. The first-order valence-electron chi connectivity index (χ1n) is 6.29. The zero-order valence-electron chi connectivity index (χ0n) is 11.4. The minimum absolute atomic E-state index is 0.359. The average molecular weight is 259 g/mol. The van der Waals surface area contributed by atoms with Gasteiger partial charge in [0.15, 0.2) is 0 Å². The van der Waals surface area contributed by atoms with Crippen molar-refractivity contribution in [1.82, 2.24) is 15.0 Å². The zero-order chi connectivity index (χ0) is 13.7. The minimum atomic E-state index is 0.359. The van der Waals surface area contributed by atoms with Crippen LogP contribution in [0.3, 0.4) is 0 Å². The van der Waals surface area contributed by atoms with Crippen LogP contribution >= 0.6 is 0 Å². The van der Waals surface area contributed by atoms with Crippen molar-refractivity contribution in [3.05, 3.63) is 30.0 Å². The predicted molar refractivity (Wildman–Crippen MR) is 72.4 cm³/mol. The molecule has 0 saturated heterocycles. The molecule has 19 heavy (non-hydrogen) atoms. The van der Waals surface area contributed by atoms with E-state index < -0.39 is 0 Å². The minimum Gasteiger partial charge on any atom is -0.478 e. The molecule has 2 heterocycles. The van der Waals surface area contributed by atoms with E-state index >= 15 is 0 Å². The number of pyridine rings is 1. The maximum Gasteiger partial charge on any atom is 0.316 e. The number of nitrogens with zero attached hydrogens (tertiary/aromatic N) is 3. The van der Waals surface area contributed by atoms with Crippen LogP contribution in [0, 0.1) is 0 Å². The fraction of sp³-hybridized carbons (Fsp3) is 0.357. The highest BCUT2D eigenvalue weighted by Gasteiger charge is 2.08. The molecule has 100 valence electrons. The summed E-state index contributed by atoms with van der Waals surface area (Å²) in [5, 5.41) is 0. The van der Waals surface area contributed by atoms with Crippen molar-refractivity contribution in [3.8, 4) is 23.3 Å². The summed E-state index contributed by atoms with van der Waals surface area (Å²) in [5.74, 6) is 0.593. The van der Waals surface area contributed by atoms with E-state index in [0.29, 0.717) is 18.5 Å². The van der Waals surface area contributed by atoms with Gasteiger partial charge in [0.25, 0.3) is 0 Å². The van der Waals surface area contributed by atoms with Crippen LogP contribution in [0.5, 0.6) is 11.9 Å². The van der Waals surface area contributed by atoms with Gasteiger partial charge in [-0.05, 0) is 25.5 Å². The largest absolute Gasteiger partial charge is 0.478 e. The maximum atomic E-state index is 5.40. The summed E-state index contributed by atoms with van der Waals surface area (Å²) < 4.78 is 10.5. The Kier molecular flexibility index (Phi) is 4.28. The Morgan fingerprint density at radius 3 is 2.58 bits per heavy atom. The molecule has 0 N–H and O–H groups in total. The molecule has 2 rings (SSSR count). The molecule has 0 aliphatic carbocycles. The first-order chi connectivity index (χ1) is 9.26. The third-order valence-electron chi connectivity index (χ3n) is 2.58. The molecule has 0 bridgehead atoms. The maximum absolute atomic E-state index is 5.40. The molecule has 0 saturated carbocycles. The van der Waals surface area contributed by atoms with Gasteiger partial charge in [-0.3, -0.25) is 0 Å². The van der Waals surface area contributed by atoms with Crippen molar-refractivity contribution in [2.45, 2.75) is 20.3 Å². The number of aryl methyl sites for hydroxylation is 1. The smallest absolute Gasteiger partial charge is 0.316 e. The standard InChI is InChI=1S/C14H17N3O2/c1-4-10-9-12(17-14(15-10)18-3)11-7-6-8-13(16-11)19-5-2/h6-9H,4-5H2,1-3H3. The van der Waals surface area contributed by atoms with Crippen LogP contribution < -0.4 is 9.47 Å². The van der Waals surface area contributed by atoms with Crippen LogP contribution in [0.15, 0.2) is 24.3 Å². The quantitative estimate of drug-likeness (QED) is 0.825. The van der Waals surface area contributed by atoms with Gasteiger partial charge >= 0.3 is 6.01 Å². The Labute approximate surface area is 112 Å². The number of aromatic nitrogens is 3. The molecule has 2 aromatic heterocycles. The van der Waals surface area contributed by atoms with Gasteiger partial charge < -0.3 is 9.47 Å². The Bertz CT molecular complexity index is 536. The van der Waals surface area contributed by atoms with Crippen molar-refractivity contribution in [2.24, 2.45) is 0 Å². The lowest BCUT2D eigenvalue weighted by atomic mass is 10.2. The first kappa shape index (κ1) is 13.3. The average Bonchev–Trinajstić information content (AvgIpc) is 2.47. The summed E-state index contributed by atoms with van der Waals surface area (Å²) in [7, 11) is 1.56. The van der Waals surface area contributed by atoms with Crippen LogP contribution in [-0.2, 0) is 6.42 Å². The second-order valence-electron chi connectivity index (χ2n) is 3.88. The van der Waals surface area contributed by atoms with E-state index in [1.807, 2.05) is 38.1 Å². The number of hydrogen-bond donors (Lipinski definition) is 0. The molecule has 0 amide bonds. The summed E-state index contributed by atoms with van der Waals surface area (Å²) in [5.41, 5.74) is 2.41. The first-order valence-corrected chi connectivity index (χ1v) is 6.29. The molecule has 0 atom stereocenters. The van der Waals surface area contributed by atoms with Crippen molar-refractivity contribution in [1.29, 1.82) is 0 Å². The molecule has 0 radical (unpaired) electrons.